The molecule has 110 valence electrons. The maximum Gasteiger partial charge on any atom is 0.268 e. The van der Waals surface area contributed by atoms with Crippen molar-refractivity contribution in [2.24, 2.45) is 0 Å². The molecule has 1 aromatic rings. The summed E-state index contributed by atoms with van der Waals surface area (Å²) in [5.74, 6) is -0.255. The summed E-state index contributed by atoms with van der Waals surface area (Å²) >= 11 is 3.35. The number of carbonyl (C=O) groups excluding carboxylic acids is 2. The van der Waals surface area contributed by atoms with Crippen LogP contribution in [0.1, 0.15) is 17.4 Å². The number of halogens is 1. The summed E-state index contributed by atoms with van der Waals surface area (Å²) in [7, 11) is 0. The van der Waals surface area contributed by atoms with Crippen LogP contribution in [0.15, 0.2) is 16.7 Å². The lowest BCUT2D eigenvalue weighted by Gasteiger charge is -2.27. The molecule has 0 saturated carbocycles. The highest BCUT2D eigenvalue weighted by atomic mass is 79.9. The van der Waals surface area contributed by atoms with Gasteiger partial charge in [-0.1, -0.05) is 0 Å². The highest BCUT2D eigenvalue weighted by molar-refractivity contribution is 9.10. The molecule has 1 saturated heterocycles. The zero-order chi connectivity index (χ0) is 14.5. The van der Waals surface area contributed by atoms with Crippen LogP contribution in [0.5, 0.6) is 0 Å². The third-order valence-corrected chi connectivity index (χ3v) is 3.74. The summed E-state index contributed by atoms with van der Waals surface area (Å²) in [5, 5.41) is 5.88. The lowest BCUT2D eigenvalue weighted by Crippen LogP contribution is -2.49. The highest BCUT2D eigenvalue weighted by Crippen LogP contribution is 2.14. The van der Waals surface area contributed by atoms with E-state index in [1.165, 1.54) is 0 Å². The maximum atomic E-state index is 12.1. The van der Waals surface area contributed by atoms with Crippen molar-refractivity contribution in [1.29, 1.82) is 0 Å². The number of nitrogens with zero attached hydrogens (tertiary/aromatic N) is 2. The minimum atomic E-state index is -0.221. The second-order valence-corrected chi connectivity index (χ2v) is 5.56. The van der Waals surface area contributed by atoms with E-state index in [9.17, 15) is 9.59 Å². The van der Waals surface area contributed by atoms with E-state index in [2.05, 4.69) is 26.6 Å². The predicted molar refractivity (Wildman–Crippen MR) is 79.6 cm³/mol. The molecule has 2 rings (SSSR count). The Kier molecular flexibility index (Phi) is 5.19. The van der Waals surface area contributed by atoms with Crippen molar-refractivity contribution in [3.63, 3.8) is 0 Å². The highest BCUT2D eigenvalue weighted by Gasteiger charge is 2.18. The van der Waals surface area contributed by atoms with Crippen LogP contribution < -0.4 is 10.6 Å². The van der Waals surface area contributed by atoms with Crippen molar-refractivity contribution in [3.8, 4) is 0 Å². The van der Waals surface area contributed by atoms with Gasteiger partial charge >= 0.3 is 0 Å². The van der Waals surface area contributed by atoms with Crippen molar-refractivity contribution >= 4 is 27.7 Å². The molecule has 2 N–H and O–H groups in total. The fraction of sp³-hybridized carbons (Fsp3) is 0.538. The largest absolute Gasteiger partial charge is 0.343 e. The SMILES string of the molecule is CCn1cc(Br)cc1C(=O)NCC(=O)N1CCNCC1. The summed E-state index contributed by atoms with van der Waals surface area (Å²) in [4.78, 5) is 25.8. The Morgan fingerprint density at radius 3 is 2.75 bits per heavy atom. The van der Waals surface area contributed by atoms with Gasteiger partial charge in [-0.3, -0.25) is 9.59 Å². The van der Waals surface area contributed by atoms with Crippen molar-refractivity contribution in [1.82, 2.24) is 20.1 Å². The standard InChI is InChI=1S/C13H19BrN4O2/c1-2-17-9-10(14)7-11(17)13(20)16-8-12(19)18-5-3-15-4-6-18/h7,9,15H,2-6,8H2,1H3,(H,16,20). The van der Waals surface area contributed by atoms with Crippen molar-refractivity contribution < 1.29 is 9.59 Å². The third kappa shape index (κ3) is 3.61. The van der Waals surface area contributed by atoms with E-state index in [1.54, 1.807) is 11.0 Å². The van der Waals surface area contributed by atoms with Crippen LogP contribution in [0.2, 0.25) is 0 Å². The lowest BCUT2D eigenvalue weighted by atomic mass is 10.3. The van der Waals surface area contributed by atoms with Crippen molar-refractivity contribution in [2.45, 2.75) is 13.5 Å². The van der Waals surface area contributed by atoms with Gasteiger partial charge in [0.2, 0.25) is 5.91 Å². The number of nitrogens with one attached hydrogen (secondary N) is 2. The second-order valence-electron chi connectivity index (χ2n) is 4.64. The van der Waals surface area contributed by atoms with E-state index < -0.39 is 0 Å². The van der Waals surface area contributed by atoms with Gasteiger partial charge in [0.1, 0.15) is 5.69 Å². The van der Waals surface area contributed by atoms with E-state index in [0.29, 0.717) is 25.3 Å². The van der Waals surface area contributed by atoms with E-state index in [-0.39, 0.29) is 18.4 Å². The zero-order valence-corrected chi connectivity index (χ0v) is 13.1. The smallest absolute Gasteiger partial charge is 0.268 e. The molecule has 0 bridgehead atoms. The van der Waals surface area contributed by atoms with E-state index in [4.69, 9.17) is 0 Å². The minimum Gasteiger partial charge on any atom is -0.343 e. The number of rotatable bonds is 4. The van der Waals surface area contributed by atoms with Gasteiger partial charge in [0.15, 0.2) is 0 Å². The Morgan fingerprint density at radius 1 is 1.40 bits per heavy atom. The Hall–Kier alpha value is -1.34. The van der Waals surface area contributed by atoms with Gasteiger partial charge < -0.3 is 20.1 Å². The lowest BCUT2D eigenvalue weighted by molar-refractivity contribution is -0.130. The first-order chi connectivity index (χ1) is 9.61. The number of hydrogen-bond donors (Lipinski definition) is 2. The van der Waals surface area contributed by atoms with Gasteiger partial charge in [0.05, 0.1) is 6.54 Å². The van der Waals surface area contributed by atoms with Crippen LogP contribution in [-0.4, -0.2) is 54.0 Å². The average molecular weight is 343 g/mol. The molecule has 1 aromatic heterocycles. The van der Waals surface area contributed by atoms with Gasteiger partial charge in [0.25, 0.3) is 5.91 Å². The van der Waals surface area contributed by atoms with Gasteiger partial charge in [-0.2, -0.15) is 0 Å². The molecule has 0 atom stereocenters. The Balaban J connectivity index is 1.89. The van der Waals surface area contributed by atoms with Gasteiger partial charge in [-0.25, -0.2) is 0 Å². The quantitative estimate of drug-likeness (QED) is 0.833. The van der Waals surface area contributed by atoms with Crippen LogP contribution in [-0.2, 0) is 11.3 Å². The summed E-state index contributed by atoms with van der Waals surface area (Å²) in [6, 6.07) is 1.76. The molecule has 20 heavy (non-hydrogen) atoms. The van der Waals surface area contributed by atoms with E-state index >= 15 is 0 Å². The second kappa shape index (κ2) is 6.90. The average Bonchev–Trinajstić information content (AvgIpc) is 2.86. The molecule has 0 aromatic carbocycles. The van der Waals surface area contributed by atoms with Gasteiger partial charge in [-0.05, 0) is 28.9 Å². The van der Waals surface area contributed by atoms with E-state index in [0.717, 1.165) is 17.6 Å². The normalized spacial score (nSPS) is 15.2. The predicted octanol–water partition coefficient (Wildman–Crippen LogP) is 0.432. The van der Waals surface area contributed by atoms with Crippen molar-refractivity contribution in [3.05, 3.63) is 22.4 Å². The molecular formula is C13H19BrN4O2. The molecule has 2 heterocycles. The first-order valence-corrected chi connectivity index (χ1v) is 7.53. The molecule has 0 radical (unpaired) electrons. The summed E-state index contributed by atoms with van der Waals surface area (Å²) in [6.07, 6.45) is 1.85. The number of aryl methyl sites for hydroxylation is 1. The molecule has 6 nitrogen and oxygen atoms in total. The zero-order valence-electron chi connectivity index (χ0n) is 11.5. The topological polar surface area (TPSA) is 66.4 Å². The molecule has 1 aliphatic heterocycles. The number of amides is 2. The molecule has 1 aliphatic rings. The van der Waals surface area contributed by atoms with Crippen molar-refractivity contribution in [2.75, 3.05) is 32.7 Å². The van der Waals surface area contributed by atoms with Crippen LogP contribution in [0.25, 0.3) is 0 Å². The minimum absolute atomic E-state index is 0.0338. The maximum absolute atomic E-state index is 12.1. The van der Waals surface area contributed by atoms with Crippen LogP contribution >= 0.6 is 15.9 Å². The third-order valence-electron chi connectivity index (χ3n) is 3.31. The number of aromatic nitrogens is 1. The molecule has 0 unspecified atom stereocenters. The molecule has 0 aliphatic carbocycles. The van der Waals surface area contributed by atoms with Crippen LogP contribution in [0.3, 0.4) is 0 Å². The number of hydrogen-bond acceptors (Lipinski definition) is 3. The fourth-order valence-electron chi connectivity index (χ4n) is 2.20. The van der Waals surface area contributed by atoms with Gasteiger partial charge in [0, 0.05) is 43.4 Å². The first-order valence-electron chi connectivity index (χ1n) is 6.74. The summed E-state index contributed by atoms with van der Waals surface area (Å²) < 4.78 is 2.70. The van der Waals surface area contributed by atoms with Gasteiger partial charge in [-0.15, -0.1) is 0 Å². The molecule has 7 heteroatoms. The summed E-state index contributed by atoms with van der Waals surface area (Å²) in [5.41, 5.74) is 0.562. The van der Waals surface area contributed by atoms with Crippen LogP contribution in [0.4, 0.5) is 0 Å². The first kappa shape index (κ1) is 15.1. The fourth-order valence-corrected chi connectivity index (χ4v) is 2.66. The molecular weight excluding hydrogens is 324 g/mol. The van der Waals surface area contributed by atoms with E-state index in [1.807, 2.05) is 17.7 Å². The number of piperazine rings is 1. The number of carbonyl (C=O) groups is 2. The monoisotopic (exact) mass is 342 g/mol. The Labute approximate surface area is 126 Å². The molecule has 2 amide bonds. The molecule has 0 spiro atoms. The van der Waals surface area contributed by atoms with Crippen LogP contribution in [0, 0.1) is 0 Å². The summed E-state index contributed by atoms with van der Waals surface area (Å²) in [6.45, 7) is 5.74. The Bertz CT molecular complexity index is 495. The Morgan fingerprint density at radius 2 is 2.10 bits per heavy atom. The molecule has 1 fully saturated rings.